The lowest BCUT2D eigenvalue weighted by molar-refractivity contribution is 0.393. The first-order valence-corrected chi connectivity index (χ1v) is 8.41. The lowest BCUT2D eigenvalue weighted by Gasteiger charge is -2.07. The number of rotatable bonds is 3. The Morgan fingerprint density at radius 3 is 2.67 bits per heavy atom. The standard InChI is InChI=1S/C18H15BrN4O/c1-11-16(12(2)24-22-11)14-8-15-17(18(19)21-14)20-10-23(15)9-13-6-4-3-5-7-13/h3-8,10H,9H2,1-2H3. The smallest absolute Gasteiger partial charge is 0.143 e. The maximum Gasteiger partial charge on any atom is 0.143 e. The van der Waals surface area contributed by atoms with Crippen molar-refractivity contribution in [1.29, 1.82) is 0 Å². The zero-order valence-corrected chi connectivity index (χ0v) is 14.9. The number of imidazole rings is 1. The van der Waals surface area contributed by atoms with Crippen LogP contribution in [-0.4, -0.2) is 19.7 Å². The van der Waals surface area contributed by atoms with Gasteiger partial charge in [0.2, 0.25) is 0 Å². The number of halogens is 1. The minimum absolute atomic E-state index is 0.724. The molecule has 0 atom stereocenters. The molecule has 0 aliphatic carbocycles. The zero-order valence-electron chi connectivity index (χ0n) is 13.3. The molecule has 1 aromatic carbocycles. The Balaban J connectivity index is 1.86. The highest BCUT2D eigenvalue weighted by atomic mass is 79.9. The second kappa shape index (κ2) is 5.87. The molecule has 0 fully saturated rings. The third kappa shape index (κ3) is 2.53. The summed E-state index contributed by atoms with van der Waals surface area (Å²) in [6, 6.07) is 12.4. The van der Waals surface area contributed by atoms with Crippen LogP contribution in [0.25, 0.3) is 22.3 Å². The van der Waals surface area contributed by atoms with Gasteiger partial charge in [0.15, 0.2) is 0 Å². The van der Waals surface area contributed by atoms with Crippen molar-refractivity contribution in [3.05, 3.63) is 64.3 Å². The Bertz CT molecular complexity index is 1000. The number of nitrogens with zero attached hydrogens (tertiary/aromatic N) is 4. The number of fused-ring (bicyclic) bond motifs is 1. The molecule has 0 aliphatic heterocycles. The summed E-state index contributed by atoms with van der Waals surface area (Å²) in [7, 11) is 0. The molecule has 0 saturated heterocycles. The Kier molecular flexibility index (Phi) is 3.69. The van der Waals surface area contributed by atoms with Gasteiger partial charge in [0.1, 0.15) is 15.9 Å². The van der Waals surface area contributed by atoms with E-state index in [1.807, 2.05) is 44.4 Å². The van der Waals surface area contributed by atoms with Crippen LogP contribution < -0.4 is 0 Å². The van der Waals surface area contributed by atoms with Gasteiger partial charge in [-0.2, -0.15) is 0 Å². The molecule has 24 heavy (non-hydrogen) atoms. The summed E-state index contributed by atoms with van der Waals surface area (Å²) in [6.45, 7) is 4.58. The highest BCUT2D eigenvalue weighted by molar-refractivity contribution is 9.10. The number of aromatic nitrogens is 4. The Morgan fingerprint density at radius 2 is 1.96 bits per heavy atom. The zero-order chi connectivity index (χ0) is 16.7. The minimum Gasteiger partial charge on any atom is -0.361 e. The van der Waals surface area contributed by atoms with Crippen molar-refractivity contribution < 1.29 is 4.52 Å². The fraction of sp³-hybridized carbons (Fsp3) is 0.167. The van der Waals surface area contributed by atoms with Crippen LogP contribution in [0.4, 0.5) is 0 Å². The van der Waals surface area contributed by atoms with E-state index in [0.717, 1.165) is 44.9 Å². The van der Waals surface area contributed by atoms with Gasteiger partial charge in [-0.25, -0.2) is 9.97 Å². The van der Waals surface area contributed by atoms with Gasteiger partial charge < -0.3 is 9.09 Å². The third-order valence-electron chi connectivity index (χ3n) is 4.05. The minimum atomic E-state index is 0.724. The summed E-state index contributed by atoms with van der Waals surface area (Å²) >= 11 is 3.54. The summed E-state index contributed by atoms with van der Waals surface area (Å²) in [6.07, 6.45) is 1.85. The van der Waals surface area contributed by atoms with Crippen LogP contribution in [-0.2, 0) is 6.54 Å². The first kappa shape index (κ1) is 15.1. The number of hydrogen-bond donors (Lipinski definition) is 0. The lowest BCUT2D eigenvalue weighted by atomic mass is 10.1. The van der Waals surface area contributed by atoms with Crippen LogP contribution >= 0.6 is 15.9 Å². The van der Waals surface area contributed by atoms with E-state index in [1.165, 1.54) is 5.56 Å². The molecular weight excluding hydrogens is 368 g/mol. The van der Waals surface area contributed by atoms with E-state index >= 15 is 0 Å². The van der Waals surface area contributed by atoms with Gasteiger partial charge in [-0.1, -0.05) is 35.5 Å². The van der Waals surface area contributed by atoms with E-state index in [1.54, 1.807) is 0 Å². The molecule has 6 heteroatoms. The molecule has 0 amide bonds. The van der Waals surface area contributed by atoms with Crippen molar-refractivity contribution >= 4 is 27.0 Å². The van der Waals surface area contributed by atoms with Gasteiger partial charge in [0, 0.05) is 6.54 Å². The predicted octanol–water partition coefficient (Wildman–Crippen LogP) is 4.51. The van der Waals surface area contributed by atoms with Gasteiger partial charge in [-0.15, -0.1) is 0 Å². The van der Waals surface area contributed by atoms with Gasteiger partial charge in [0.05, 0.1) is 28.8 Å². The van der Waals surface area contributed by atoms with E-state index in [9.17, 15) is 0 Å². The summed E-state index contributed by atoms with van der Waals surface area (Å²) < 4.78 is 8.13. The number of benzene rings is 1. The van der Waals surface area contributed by atoms with Crippen molar-refractivity contribution in [3.8, 4) is 11.3 Å². The molecule has 4 aromatic rings. The van der Waals surface area contributed by atoms with Crippen LogP contribution in [0, 0.1) is 13.8 Å². The van der Waals surface area contributed by atoms with Gasteiger partial charge >= 0.3 is 0 Å². The number of aryl methyl sites for hydroxylation is 2. The molecular formula is C18H15BrN4O. The topological polar surface area (TPSA) is 56.7 Å². The molecule has 0 radical (unpaired) electrons. The van der Waals surface area contributed by atoms with Crippen LogP contribution in [0.15, 0.2) is 51.9 Å². The molecule has 0 unspecified atom stereocenters. The molecule has 3 heterocycles. The molecule has 0 N–H and O–H groups in total. The van der Waals surface area contributed by atoms with Crippen molar-refractivity contribution in [3.63, 3.8) is 0 Å². The summed E-state index contributed by atoms with van der Waals surface area (Å²) in [5.41, 5.74) is 5.70. The van der Waals surface area contributed by atoms with Crippen molar-refractivity contribution in [2.45, 2.75) is 20.4 Å². The fourth-order valence-corrected chi connectivity index (χ4v) is 3.40. The molecule has 0 spiro atoms. The molecule has 3 aromatic heterocycles. The number of hydrogen-bond acceptors (Lipinski definition) is 4. The molecule has 5 nitrogen and oxygen atoms in total. The first-order valence-electron chi connectivity index (χ1n) is 7.62. The Morgan fingerprint density at radius 1 is 1.17 bits per heavy atom. The fourth-order valence-electron chi connectivity index (χ4n) is 2.91. The van der Waals surface area contributed by atoms with E-state index < -0.39 is 0 Å². The maximum absolute atomic E-state index is 5.28. The van der Waals surface area contributed by atoms with Gasteiger partial charge in [-0.05, 0) is 41.4 Å². The van der Waals surface area contributed by atoms with E-state index in [0.29, 0.717) is 0 Å². The Hall–Kier alpha value is -2.47. The molecule has 4 rings (SSSR count). The first-order chi connectivity index (χ1) is 11.6. The van der Waals surface area contributed by atoms with E-state index in [-0.39, 0.29) is 0 Å². The summed E-state index contributed by atoms with van der Waals surface area (Å²) in [5.74, 6) is 0.764. The van der Waals surface area contributed by atoms with E-state index in [2.05, 4.69) is 47.8 Å². The highest BCUT2D eigenvalue weighted by Crippen LogP contribution is 2.31. The van der Waals surface area contributed by atoms with Crippen molar-refractivity contribution in [2.75, 3.05) is 0 Å². The van der Waals surface area contributed by atoms with Crippen LogP contribution in [0.2, 0.25) is 0 Å². The summed E-state index contributed by atoms with van der Waals surface area (Å²) in [4.78, 5) is 9.12. The van der Waals surface area contributed by atoms with Crippen molar-refractivity contribution in [2.24, 2.45) is 0 Å². The van der Waals surface area contributed by atoms with E-state index in [4.69, 9.17) is 4.52 Å². The maximum atomic E-state index is 5.28. The average molecular weight is 383 g/mol. The molecule has 120 valence electrons. The molecule has 0 bridgehead atoms. The summed E-state index contributed by atoms with van der Waals surface area (Å²) in [5, 5.41) is 4.03. The monoisotopic (exact) mass is 382 g/mol. The second-order valence-corrected chi connectivity index (χ2v) is 6.47. The third-order valence-corrected chi connectivity index (χ3v) is 4.60. The average Bonchev–Trinajstić information content (AvgIpc) is 3.12. The molecule has 0 saturated carbocycles. The second-order valence-electron chi connectivity index (χ2n) is 5.72. The van der Waals surface area contributed by atoms with Crippen molar-refractivity contribution in [1.82, 2.24) is 19.7 Å². The normalized spacial score (nSPS) is 11.3. The largest absolute Gasteiger partial charge is 0.361 e. The van der Waals surface area contributed by atoms with Crippen LogP contribution in [0.3, 0.4) is 0 Å². The highest BCUT2D eigenvalue weighted by Gasteiger charge is 2.17. The van der Waals surface area contributed by atoms with Crippen LogP contribution in [0.1, 0.15) is 17.0 Å². The molecule has 0 aliphatic rings. The van der Waals surface area contributed by atoms with Gasteiger partial charge in [0.25, 0.3) is 0 Å². The number of pyridine rings is 1. The SMILES string of the molecule is Cc1noc(C)c1-c1cc2c(ncn2Cc2ccccc2)c(Br)n1. The van der Waals surface area contributed by atoms with Gasteiger partial charge in [-0.3, -0.25) is 0 Å². The lowest BCUT2D eigenvalue weighted by Crippen LogP contribution is -1.98. The quantitative estimate of drug-likeness (QED) is 0.489. The predicted molar refractivity (Wildman–Crippen MR) is 95.7 cm³/mol. The Labute approximate surface area is 147 Å². The van der Waals surface area contributed by atoms with Crippen LogP contribution in [0.5, 0.6) is 0 Å².